The molecule has 4 rings (SSSR count). The third-order valence-electron chi connectivity index (χ3n) is 5.56. The normalized spacial score (nSPS) is 18.0. The summed E-state index contributed by atoms with van der Waals surface area (Å²) in [5.41, 5.74) is 1.66. The second-order valence-corrected chi connectivity index (χ2v) is 9.52. The molecule has 1 saturated heterocycles. The maximum absolute atomic E-state index is 13.3. The van der Waals surface area contributed by atoms with Gasteiger partial charge in [0.25, 0.3) is 10.0 Å². The van der Waals surface area contributed by atoms with E-state index >= 15 is 0 Å². The molecule has 7 heteroatoms. The minimum absolute atomic E-state index is 0.227. The summed E-state index contributed by atoms with van der Waals surface area (Å²) < 4.78 is 33.2. The molecule has 1 aliphatic rings. The van der Waals surface area contributed by atoms with E-state index in [2.05, 4.69) is 11.9 Å². The van der Waals surface area contributed by atoms with Crippen LogP contribution in [0.15, 0.2) is 53.6 Å². The average Bonchev–Trinajstić information content (AvgIpc) is 3.26. The SMILES string of the molecule is COc1ccc(S(=O)(=O)n2cc(CC3CCCN3C)c3cc(Cl)ccc32)cc1. The number of rotatable bonds is 5. The minimum atomic E-state index is -3.73. The van der Waals surface area contributed by atoms with E-state index in [4.69, 9.17) is 16.3 Å². The molecule has 0 radical (unpaired) electrons. The summed E-state index contributed by atoms with van der Waals surface area (Å²) in [6.45, 7) is 1.08. The van der Waals surface area contributed by atoms with E-state index in [1.54, 1.807) is 49.7 Å². The number of likely N-dealkylation sites (N-methyl/N-ethyl adjacent to an activating group) is 1. The molecule has 0 N–H and O–H groups in total. The van der Waals surface area contributed by atoms with Gasteiger partial charge in [-0.2, -0.15) is 0 Å². The van der Waals surface area contributed by atoms with Crippen LogP contribution in [0.1, 0.15) is 18.4 Å². The number of likely N-dealkylation sites (tertiary alicyclic amines) is 1. The zero-order valence-electron chi connectivity index (χ0n) is 15.9. The van der Waals surface area contributed by atoms with Gasteiger partial charge in [0.2, 0.25) is 0 Å². The Morgan fingerprint density at radius 2 is 1.93 bits per heavy atom. The van der Waals surface area contributed by atoms with Crippen molar-refractivity contribution in [2.24, 2.45) is 0 Å². The number of methoxy groups -OCH3 is 1. The Morgan fingerprint density at radius 3 is 2.57 bits per heavy atom. The molecular weight excluding hydrogens is 396 g/mol. The molecule has 1 fully saturated rings. The van der Waals surface area contributed by atoms with Crippen molar-refractivity contribution >= 4 is 32.5 Å². The summed E-state index contributed by atoms with van der Waals surface area (Å²) in [6.07, 6.45) is 4.85. The standard InChI is InChI=1S/C21H23ClN2O3S/c1-23-11-3-4-17(23)12-15-14-24(21-10-5-16(22)13-20(15)21)28(25,26)19-8-6-18(27-2)7-9-19/h5-10,13-14,17H,3-4,11-12H2,1-2H3. The fraction of sp³-hybridized carbons (Fsp3) is 0.333. The van der Waals surface area contributed by atoms with Crippen molar-refractivity contribution in [2.45, 2.75) is 30.2 Å². The van der Waals surface area contributed by atoms with Crippen LogP contribution in [-0.2, 0) is 16.4 Å². The number of fused-ring (bicyclic) bond motifs is 1. The first-order valence-corrected chi connectivity index (χ1v) is 11.1. The zero-order chi connectivity index (χ0) is 19.9. The van der Waals surface area contributed by atoms with Gasteiger partial charge in [0.15, 0.2) is 0 Å². The van der Waals surface area contributed by atoms with Crippen LogP contribution < -0.4 is 4.74 Å². The van der Waals surface area contributed by atoms with Gasteiger partial charge in [-0.3, -0.25) is 0 Å². The summed E-state index contributed by atoms with van der Waals surface area (Å²) in [5.74, 6) is 0.619. The van der Waals surface area contributed by atoms with Crippen LogP contribution in [0, 0.1) is 0 Å². The van der Waals surface area contributed by atoms with Gasteiger partial charge in [0.1, 0.15) is 5.75 Å². The third-order valence-corrected chi connectivity index (χ3v) is 7.48. The summed E-state index contributed by atoms with van der Waals surface area (Å²) in [7, 11) is -0.0478. The number of hydrogen-bond acceptors (Lipinski definition) is 4. The molecule has 0 aliphatic carbocycles. The third kappa shape index (κ3) is 3.41. The van der Waals surface area contributed by atoms with Crippen molar-refractivity contribution in [1.82, 2.24) is 8.87 Å². The van der Waals surface area contributed by atoms with Gasteiger partial charge in [-0.1, -0.05) is 11.6 Å². The van der Waals surface area contributed by atoms with Crippen LogP contribution in [0.3, 0.4) is 0 Å². The molecule has 1 aliphatic heterocycles. The Hall–Kier alpha value is -2.02. The lowest BCUT2D eigenvalue weighted by atomic mass is 10.0. The highest BCUT2D eigenvalue weighted by atomic mass is 35.5. The number of hydrogen-bond donors (Lipinski definition) is 0. The molecule has 3 aromatic rings. The lowest BCUT2D eigenvalue weighted by Gasteiger charge is -2.18. The van der Waals surface area contributed by atoms with E-state index < -0.39 is 10.0 Å². The largest absolute Gasteiger partial charge is 0.497 e. The van der Waals surface area contributed by atoms with Gasteiger partial charge in [0, 0.05) is 22.6 Å². The smallest absolute Gasteiger partial charge is 0.268 e. The molecule has 148 valence electrons. The first-order valence-electron chi connectivity index (χ1n) is 9.29. The molecule has 0 saturated carbocycles. The first-order chi connectivity index (χ1) is 13.4. The molecule has 0 spiro atoms. The Bertz CT molecular complexity index is 1110. The van der Waals surface area contributed by atoms with E-state index in [1.165, 1.54) is 10.4 Å². The zero-order valence-corrected chi connectivity index (χ0v) is 17.5. The van der Waals surface area contributed by atoms with E-state index in [9.17, 15) is 8.42 Å². The number of ether oxygens (including phenoxy) is 1. The Morgan fingerprint density at radius 1 is 1.18 bits per heavy atom. The van der Waals surface area contributed by atoms with Gasteiger partial charge in [0.05, 0.1) is 17.5 Å². The summed E-state index contributed by atoms with van der Waals surface area (Å²) >= 11 is 6.23. The highest BCUT2D eigenvalue weighted by Crippen LogP contribution is 2.31. The molecule has 2 heterocycles. The summed E-state index contributed by atoms with van der Waals surface area (Å²) in [6, 6.07) is 12.2. The van der Waals surface area contributed by atoms with E-state index in [-0.39, 0.29) is 4.90 Å². The second kappa shape index (κ2) is 7.43. The van der Waals surface area contributed by atoms with E-state index in [0.29, 0.717) is 22.3 Å². The van der Waals surface area contributed by atoms with Gasteiger partial charge >= 0.3 is 0 Å². The molecule has 0 amide bonds. The molecule has 5 nitrogen and oxygen atoms in total. The van der Waals surface area contributed by atoms with E-state index in [0.717, 1.165) is 30.3 Å². The number of nitrogens with zero attached hydrogens (tertiary/aromatic N) is 2. The molecular formula is C21H23ClN2O3S. The van der Waals surface area contributed by atoms with Crippen LogP contribution in [-0.4, -0.2) is 44.0 Å². The van der Waals surface area contributed by atoms with Crippen molar-refractivity contribution in [1.29, 1.82) is 0 Å². The van der Waals surface area contributed by atoms with Crippen molar-refractivity contribution in [2.75, 3.05) is 20.7 Å². The highest BCUT2D eigenvalue weighted by molar-refractivity contribution is 7.90. The topological polar surface area (TPSA) is 51.5 Å². The monoisotopic (exact) mass is 418 g/mol. The molecule has 1 aromatic heterocycles. The second-order valence-electron chi connectivity index (χ2n) is 7.27. The van der Waals surface area contributed by atoms with Crippen molar-refractivity contribution < 1.29 is 13.2 Å². The number of benzene rings is 2. The number of halogens is 1. The van der Waals surface area contributed by atoms with Gasteiger partial charge in [-0.15, -0.1) is 0 Å². The van der Waals surface area contributed by atoms with Gasteiger partial charge in [-0.25, -0.2) is 12.4 Å². The Kier molecular flexibility index (Phi) is 5.12. The fourth-order valence-electron chi connectivity index (χ4n) is 3.95. The number of aromatic nitrogens is 1. The van der Waals surface area contributed by atoms with Gasteiger partial charge in [-0.05, 0) is 80.9 Å². The Balaban J connectivity index is 1.82. The summed E-state index contributed by atoms with van der Waals surface area (Å²) in [5, 5.41) is 1.50. The lowest BCUT2D eigenvalue weighted by molar-refractivity contribution is 0.310. The molecule has 0 bridgehead atoms. The van der Waals surface area contributed by atoms with Crippen molar-refractivity contribution in [3.63, 3.8) is 0 Å². The Labute approximate surface area is 170 Å². The molecule has 1 unspecified atom stereocenters. The lowest BCUT2D eigenvalue weighted by Crippen LogP contribution is -2.26. The predicted molar refractivity (Wildman–Crippen MR) is 112 cm³/mol. The van der Waals surface area contributed by atoms with E-state index in [1.807, 2.05) is 6.07 Å². The maximum Gasteiger partial charge on any atom is 0.268 e. The van der Waals surface area contributed by atoms with Gasteiger partial charge < -0.3 is 9.64 Å². The first kappa shape index (κ1) is 19.3. The van der Waals surface area contributed by atoms with Crippen LogP contribution in [0.2, 0.25) is 5.02 Å². The van der Waals surface area contributed by atoms with Crippen molar-refractivity contribution in [3.05, 3.63) is 59.2 Å². The van der Waals surface area contributed by atoms with Crippen molar-refractivity contribution in [3.8, 4) is 5.75 Å². The molecule has 28 heavy (non-hydrogen) atoms. The average molecular weight is 419 g/mol. The molecule has 1 atom stereocenters. The highest BCUT2D eigenvalue weighted by Gasteiger charge is 2.26. The molecule has 2 aromatic carbocycles. The van der Waals surface area contributed by atoms with Crippen LogP contribution in [0.25, 0.3) is 10.9 Å². The summed E-state index contributed by atoms with van der Waals surface area (Å²) in [4.78, 5) is 2.57. The van der Waals surface area contributed by atoms with Crippen LogP contribution in [0.5, 0.6) is 5.75 Å². The minimum Gasteiger partial charge on any atom is -0.497 e. The quantitative estimate of drug-likeness (QED) is 0.623. The predicted octanol–water partition coefficient (Wildman–Crippen LogP) is 4.18. The fourth-order valence-corrected chi connectivity index (χ4v) is 5.52. The maximum atomic E-state index is 13.3. The van der Waals surface area contributed by atoms with Crippen LogP contribution in [0.4, 0.5) is 0 Å². The van der Waals surface area contributed by atoms with Crippen LogP contribution >= 0.6 is 11.6 Å².